The third kappa shape index (κ3) is 9.38. The van der Waals surface area contributed by atoms with Gasteiger partial charge in [0.15, 0.2) is 0 Å². The average Bonchev–Trinajstić information content (AvgIpc) is 2.21. The van der Waals surface area contributed by atoms with Crippen molar-refractivity contribution in [3.8, 4) is 0 Å². The van der Waals surface area contributed by atoms with Crippen molar-refractivity contribution in [2.24, 2.45) is 0 Å². The van der Waals surface area contributed by atoms with Crippen LogP contribution in [0.3, 0.4) is 0 Å². The number of carboxylic acids is 2. The summed E-state index contributed by atoms with van der Waals surface area (Å²) < 4.78 is 0. The molecular formula is C9H17NO6. The fourth-order valence-corrected chi connectivity index (χ4v) is 1.15. The summed E-state index contributed by atoms with van der Waals surface area (Å²) in [6.07, 6.45) is 1.91. The SMILES string of the molecule is O=C(O)CCCCCN(CCC(=O)O)OO. The van der Waals surface area contributed by atoms with Crippen LogP contribution in [0.25, 0.3) is 0 Å². The Morgan fingerprint density at radius 1 is 0.938 bits per heavy atom. The molecule has 0 rings (SSSR count). The number of hydrogen-bond donors (Lipinski definition) is 3. The Bertz CT molecular complexity index is 220. The molecule has 0 saturated carbocycles. The van der Waals surface area contributed by atoms with Gasteiger partial charge in [0.25, 0.3) is 0 Å². The molecule has 0 radical (unpaired) electrons. The van der Waals surface area contributed by atoms with Gasteiger partial charge in [-0.05, 0) is 12.8 Å². The van der Waals surface area contributed by atoms with E-state index >= 15 is 0 Å². The topological polar surface area (TPSA) is 107 Å². The first-order valence-corrected chi connectivity index (χ1v) is 5.06. The zero-order valence-corrected chi connectivity index (χ0v) is 8.96. The molecule has 0 aliphatic rings. The fourth-order valence-electron chi connectivity index (χ4n) is 1.15. The maximum atomic E-state index is 10.2. The maximum Gasteiger partial charge on any atom is 0.304 e. The monoisotopic (exact) mass is 235 g/mol. The van der Waals surface area contributed by atoms with Crippen LogP contribution in [0.15, 0.2) is 0 Å². The Labute approximate surface area is 93.1 Å². The van der Waals surface area contributed by atoms with Gasteiger partial charge in [-0.1, -0.05) is 6.42 Å². The highest BCUT2D eigenvalue weighted by Crippen LogP contribution is 2.02. The second kappa shape index (κ2) is 9.08. The number of unbranched alkanes of at least 4 members (excludes halogenated alkanes) is 2. The summed E-state index contributed by atoms with van der Waals surface area (Å²) in [5, 5.41) is 26.3. The van der Waals surface area contributed by atoms with E-state index in [2.05, 4.69) is 4.99 Å². The Morgan fingerprint density at radius 3 is 2.06 bits per heavy atom. The van der Waals surface area contributed by atoms with Crippen molar-refractivity contribution in [3.05, 3.63) is 0 Å². The number of aliphatic carboxylic acids is 2. The Morgan fingerprint density at radius 2 is 1.56 bits per heavy atom. The van der Waals surface area contributed by atoms with Gasteiger partial charge >= 0.3 is 11.9 Å². The highest BCUT2D eigenvalue weighted by molar-refractivity contribution is 5.67. The minimum absolute atomic E-state index is 0.102. The Kier molecular flexibility index (Phi) is 8.41. The number of rotatable bonds is 10. The molecule has 0 saturated heterocycles. The number of carbonyl (C=O) groups is 2. The molecule has 0 atom stereocenters. The molecule has 0 aromatic heterocycles. The van der Waals surface area contributed by atoms with E-state index in [9.17, 15) is 9.59 Å². The van der Waals surface area contributed by atoms with Crippen LogP contribution < -0.4 is 0 Å². The van der Waals surface area contributed by atoms with Crippen molar-refractivity contribution in [1.82, 2.24) is 5.06 Å². The summed E-state index contributed by atoms with van der Waals surface area (Å²) in [5.41, 5.74) is 0. The van der Waals surface area contributed by atoms with Crippen LogP contribution in [-0.2, 0) is 14.6 Å². The lowest BCUT2D eigenvalue weighted by Gasteiger charge is -2.15. The van der Waals surface area contributed by atoms with E-state index in [1.165, 1.54) is 0 Å². The van der Waals surface area contributed by atoms with E-state index in [0.29, 0.717) is 25.8 Å². The zero-order chi connectivity index (χ0) is 12.4. The van der Waals surface area contributed by atoms with Crippen molar-refractivity contribution in [3.63, 3.8) is 0 Å². The lowest BCUT2D eigenvalue weighted by molar-refractivity contribution is -0.396. The number of hydrogen-bond acceptors (Lipinski definition) is 5. The van der Waals surface area contributed by atoms with Gasteiger partial charge in [-0.3, -0.25) is 9.59 Å². The minimum atomic E-state index is -0.965. The first kappa shape index (κ1) is 14.8. The lowest BCUT2D eigenvalue weighted by atomic mass is 10.2. The van der Waals surface area contributed by atoms with Crippen molar-refractivity contribution in [2.75, 3.05) is 13.1 Å². The summed E-state index contributed by atoms with van der Waals surface area (Å²) in [6.45, 7) is 0.480. The smallest absolute Gasteiger partial charge is 0.304 e. The fraction of sp³-hybridized carbons (Fsp3) is 0.778. The molecule has 0 fully saturated rings. The van der Waals surface area contributed by atoms with Crippen LogP contribution in [-0.4, -0.2) is 45.6 Å². The van der Waals surface area contributed by atoms with E-state index in [1.54, 1.807) is 0 Å². The van der Waals surface area contributed by atoms with E-state index in [4.69, 9.17) is 15.5 Å². The standard InChI is InChI=1S/C9H17NO6/c11-8(12)4-2-1-3-6-10(16-15)7-5-9(13)14/h15H,1-7H2,(H,11,12)(H,13,14). The van der Waals surface area contributed by atoms with Crippen LogP contribution in [0.2, 0.25) is 0 Å². The van der Waals surface area contributed by atoms with Gasteiger partial charge in [0.1, 0.15) is 0 Å². The Balaban J connectivity index is 3.47. The highest BCUT2D eigenvalue weighted by atomic mass is 17.2. The summed E-state index contributed by atoms with van der Waals surface area (Å²) in [5.74, 6) is -1.80. The van der Waals surface area contributed by atoms with Crippen LogP contribution in [0, 0.1) is 0 Å². The van der Waals surface area contributed by atoms with Gasteiger partial charge in [0, 0.05) is 19.5 Å². The second-order valence-electron chi connectivity index (χ2n) is 3.36. The summed E-state index contributed by atoms with van der Waals surface area (Å²) in [6, 6.07) is 0. The van der Waals surface area contributed by atoms with E-state index in [0.717, 1.165) is 5.06 Å². The molecular weight excluding hydrogens is 218 g/mol. The van der Waals surface area contributed by atoms with E-state index < -0.39 is 11.9 Å². The van der Waals surface area contributed by atoms with Crippen LogP contribution in [0.5, 0.6) is 0 Å². The molecule has 0 aromatic rings. The highest BCUT2D eigenvalue weighted by Gasteiger charge is 2.07. The lowest BCUT2D eigenvalue weighted by Crippen LogP contribution is -2.26. The molecule has 0 unspecified atom stereocenters. The largest absolute Gasteiger partial charge is 0.481 e. The molecule has 0 aliphatic carbocycles. The predicted molar refractivity (Wildman–Crippen MR) is 53.6 cm³/mol. The molecule has 0 aliphatic heterocycles. The van der Waals surface area contributed by atoms with Crippen molar-refractivity contribution in [1.29, 1.82) is 0 Å². The third-order valence-corrected chi connectivity index (χ3v) is 1.99. The van der Waals surface area contributed by atoms with Crippen LogP contribution >= 0.6 is 0 Å². The minimum Gasteiger partial charge on any atom is -0.481 e. The summed E-state index contributed by atoms with van der Waals surface area (Å²) in [7, 11) is 0. The van der Waals surface area contributed by atoms with Gasteiger partial charge in [-0.15, -0.1) is 4.99 Å². The first-order chi connectivity index (χ1) is 7.56. The van der Waals surface area contributed by atoms with Gasteiger partial charge in [0.05, 0.1) is 6.42 Å². The average molecular weight is 235 g/mol. The van der Waals surface area contributed by atoms with E-state index in [-0.39, 0.29) is 19.4 Å². The molecule has 0 spiro atoms. The van der Waals surface area contributed by atoms with Gasteiger partial charge < -0.3 is 10.2 Å². The van der Waals surface area contributed by atoms with Gasteiger partial charge in [-0.2, -0.15) is 5.06 Å². The molecule has 94 valence electrons. The van der Waals surface area contributed by atoms with Crippen molar-refractivity contribution >= 4 is 11.9 Å². The molecule has 16 heavy (non-hydrogen) atoms. The van der Waals surface area contributed by atoms with Crippen molar-refractivity contribution < 1.29 is 30.0 Å². The number of hydroxylamine groups is 2. The normalized spacial score (nSPS) is 10.6. The predicted octanol–water partition coefficient (Wildman–Crippen LogP) is 0.813. The molecule has 0 aromatic carbocycles. The third-order valence-electron chi connectivity index (χ3n) is 1.99. The van der Waals surface area contributed by atoms with Gasteiger partial charge in [-0.25, -0.2) is 5.26 Å². The molecule has 0 amide bonds. The van der Waals surface area contributed by atoms with E-state index in [1.807, 2.05) is 0 Å². The molecule has 0 bridgehead atoms. The van der Waals surface area contributed by atoms with Gasteiger partial charge in [0.2, 0.25) is 0 Å². The number of nitrogens with zero attached hydrogens (tertiary/aromatic N) is 1. The second-order valence-corrected chi connectivity index (χ2v) is 3.36. The maximum absolute atomic E-state index is 10.2. The zero-order valence-electron chi connectivity index (χ0n) is 8.96. The first-order valence-electron chi connectivity index (χ1n) is 5.06. The summed E-state index contributed by atoms with van der Waals surface area (Å²) >= 11 is 0. The summed E-state index contributed by atoms with van der Waals surface area (Å²) in [4.78, 5) is 24.4. The molecule has 7 nitrogen and oxygen atoms in total. The molecule has 0 heterocycles. The Hall–Kier alpha value is -1.18. The van der Waals surface area contributed by atoms with Crippen LogP contribution in [0.1, 0.15) is 32.1 Å². The molecule has 7 heteroatoms. The van der Waals surface area contributed by atoms with Crippen LogP contribution in [0.4, 0.5) is 0 Å². The van der Waals surface area contributed by atoms with Crippen molar-refractivity contribution in [2.45, 2.75) is 32.1 Å². The molecule has 3 N–H and O–H groups in total. The number of carboxylic acid groups (broad SMARTS) is 2. The quantitative estimate of drug-likeness (QED) is 0.292.